The molecule has 1 aliphatic rings. The van der Waals surface area contributed by atoms with Gasteiger partial charge in [-0.15, -0.1) is 0 Å². The first kappa shape index (κ1) is 20.2. The van der Waals surface area contributed by atoms with E-state index < -0.39 is 0 Å². The van der Waals surface area contributed by atoms with Crippen LogP contribution in [0, 0.1) is 5.92 Å². The Morgan fingerprint density at radius 3 is 2.77 bits per heavy atom. The van der Waals surface area contributed by atoms with E-state index in [0.29, 0.717) is 37.7 Å². The highest BCUT2D eigenvalue weighted by Gasteiger charge is 2.30. The summed E-state index contributed by atoms with van der Waals surface area (Å²) in [5.41, 5.74) is 2.74. The second-order valence-electron chi connectivity index (χ2n) is 8.36. The van der Waals surface area contributed by atoms with E-state index in [-0.39, 0.29) is 17.8 Å². The van der Waals surface area contributed by atoms with Crippen LogP contribution in [-0.2, 0) is 13.0 Å². The minimum absolute atomic E-state index is 0.0336. The molecular formula is C23H29N5O2. The number of hydrogen-bond donors (Lipinski definition) is 1. The number of imidazole rings is 1. The maximum absolute atomic E-state index is 13.2. The molecule has 1 saturated heterocycles. The maximum atomic E-state index is 13.2. The van der Waals surface area contributed by atoms with Crippen molar-refractivity contribution >= 4 is 17.2 Å². The molecule has 7 heteroatoms. The molecule has 1 fully saturated rings. The van der Waals surface area contributed by atoms with Gasteiger partial charge in [0, 0.05) is 32.4 Å². The molecule has 0 aliphatic carbocycles. The van der Waals surface area contributed by atoms with Crippen LogP contribution in [0.25, 0.3) is 11.2 Å². The van der Waals surface area contributed by atoms with E-state index in [2.05, 4.69) is 36.3 Å². The number of carbonyl (C=O) groups excluding carboxylic acids is 1. The normalized spacial score (nSPS) is 16.5. The largest absolute Gasteiger partial charge is 0.338 e. The molecule has 0 spiro atoms. The molecule has 1 aliphatic heterocycles. The first-order valence-corrected chi connectivity index (χ1v) is 10.7. The van der Waals surface area contributed by atoms with Gasteiger partial charge in [0.2, 0.25) is 0 Å². The van der Waals surface area contributed by atoms with Crippen molar-refractivity contribution in [2.75, 3.05) is 19.6 Å². The van der Waals surface area contributed by atoms with Gasteiger partial charge in [-0.25, -0.2) is 14.6 Å². The molecule has 1 aromatic carbocycles. The summed E-state index contributed by atoms with van der Waals surface area (Å²) >= 11 is 0. The van der Waals surface area contributed by atoms with Crippen molar-refractivity contribution in [3.63, 3.8) is 0 Å². The van der Waals surface area contributed by atoms with E-state index in [4.69, 9.17) is 0 Å². The molecule has 1 N–H and O–H groups in total. The van der Waals surface area contributed by atoms with Gasteiger partial charge >= 0.3 is 11.7 Å². The van der Waals surface area contributed by atoms with Crippen LogP contribution in [0.2, 0.25) is 0 Å². The number of aromatic nitrogens is 3. The standard InChI is InChI=1S/C23H29N5O2/c1-17(2)15-27-20-9-6-12-24-21(20)28(23(27)30)19-11-14-26(16-19)22(29)25-13-10-18-7-4-3-5-8-18/h3-9,12,17,19H,10-11,13-16H2,1-2H3,(H,25,29). The van der Waals surface area contributed by atoms with Crippen LogP contribution in [0.15, 0.2) is 53.5 Å². The quantitative estimate of drug-likeness (QED) is 0.683. The molecule has 1 atom stereocenters. The van der Waals surface area contributed by atoms with E-state index in [1.54, 1.807) is 15.7 Å². The van der Waals surface area contributed by atoms with Gasteiger partial charge in [-0.1, -0.05) is 44.2 Å². The molecule has 3 aromatic rings. The van der Waals surface area contributed by atoms with Gasteiger partial charge in [-0.3, -0.25) is 9.13 Å². The summed E-state index contributed by atoms with van der Waals surface area (Å²) in [6.45, 7) is 6.61. The highest BCUT2D eigenvalue weighted by atomic mass is 16.2. The van der Waals surface area contributed by atoms with Gasteiger partial charge in [-0.2, -0.15) is 0 Å². The summed E-state index contributed by atoms with van der Waals surface area (Å²) in [5.74, 6) is 0.359. The van der Waals surface area contributed by atoms with Crippen molar-refractivity contribution in [2.45, 2.75) is 39.3 Å². The van der Waals surface area contributed by atoms with Gasteiger partial charge in [0.25, 0.3) is 0 Å². The zero-order chi connectivity index (χ0) is 21.1. The molecule has 4 rings (SSSR count). The molecule has 0 saturated carbocycles. The fraction of sp³-hybridized carbons (Fsp3) is 0.435. The number of likely N-dealkylation sites (tertiary alicyclic amines) is 1. The molecular weight excluding hydrogens is 378 g/mol. The Bertz CT molecular complexity index is 1070. The number of nitrogens with zero attached hydrogens (tertiary/aromatic N) is 4. The van der Waals surface area contributed by atoms with Gasteiger partial charge in [0.1, 0.15) is 0 Å². The van der Waals surface area contributed by atoms with Crippen molar-refractivity contribution in [2.24, 2.45) is 5.92 Å². The summed E-state index contributed by atoms with van der Waals surface area (Å²) in [6, 6.07) is 13.8. The molecule has 30 heavy (non-hydrogen) atoms. The topological polar surface area (TPSA) is 72.2 Å². The highest BCUT2D eigenvalue weighted by Crippen LogP contribution is 2.24. The molecule has 0 bridgehead atoms. The average molecular weight is 408 g/mol. The Labute approximate surface area is 176 Å². The minimum atomic E-state index is -0.0691. The number of nitrogens with one attached hydrogen (secondary N) is 1. The molecule has 0 radical (unpaired) electrons. The van der Waals surface area contributed by atoms with Crippen molar-refractivity contribution < 1.29 is 4.79 Å². The Hall–Kier alpha value is -3.09. The van der Waals surface area contributed by atoms with Crippen LogP contribution in [-0.4, -0.2) is 44.7 Å². The van der Waals surface area contributed by atoms with Crippen LogP contribution in [0.3, 0.4) is 0 Å². The summed E-state index contributed by atoms with van der Waals surface area (Å²) in [4.78, 5) is 32.1. The van der Waals surface area contributed by atoms with E-state index >= 15 is 0 Å². The number of benzene rings is 1. The SMILES string of the molecule is CC(C)Cn1c(=O)n(C2CCN(C(=O)NCCc3ccccc3)C2)c2ncccc21. The lowest BCUT2D eigenvalue weighted by molar-refractivity contribution is 0.207. The number of amides is 2. The summed E-state index contributed by atoms with van der Waals surface area (Å²) in [6.07, 6.45) is 3.28. The smallest absolute Gasteiger partial charge is 0.330 e. The Balaban J connectivity index is 1.45. The van der Waals surface area contributed by atoms with Crippen LogP contribution >= 0.6 is 0 Å². The lowest BCUT2D eigenvalue weighted by Crippen LogP contribution is -2.40. The van der Waals surface area contributed by atoms with Gasteiger partial charge in [0.15, 0.2) is 5.65 Å². The van der Waals surface area contributed by atoms with Gasteiger partial charge in [0.05, 0.1) is 11.6 Å². The summed E-state index contributed by atoms with van der Waals surface area (Å²) < 4.78 is 3.60. The zero-order valence-corrected chi connectivity index (χ0v) is 17.6. The third-order valence-corrected chi connectivity index (χ3v) is 5.62. The van der Waals surface area contributed by atoms with Crippen molar-refractivity contribution in [3.8, 4) is 0 Å². The Kier molecular flexibility index (Phi) is 5.88. The number of carbonyl (C=O) groups is 1. The Morgan fingerprint density at radius 2 is 2.00 bits per heavy atom. The lowest BCUT2D eigenvalue weighted by Gasteiger charge is -2.18. The Morgan fingerprint density at radius 1 is 1.20 bits per heavy atom. The molecule has 7 nitrogen and oxygen atoms in total. The molecule has 2 amide bonds. The molecule has 3 heterocycles. The fourth-order valence-corrected chi connectivity index (χ4v) is 4.19. The molecule has 158 valence electrons. The van der Waals surface area contributed by atoms with E-state index in [1.165, 1.54) is 5.56 Å². The van der Waals surface area contributed by atoms with Crippen molar-refractivity contribution in [1.82, 2.24) is 24.3 Å². The van der Waals surface area contributed by atoms with Gasteiger partial charge < -0.3 is 10.2 Å². The predicted molar refractivity (Wildman–Crippen MR) is 118 cm³/mol. The maximum Gasteiger partial charge on any atom is 0.330 e. The number of pyridine rings is 1. The van der Waals surface area contributed by atoms with E-state index in [1.807, 2.05) is 34.9 Å². The molecule has 1 unspecified atom stereocenters. The van der Waals surface area contributed by atoms with Crippen molar-refractivity contribution in [3.05, 3.63) is 64.7 Å². The van der Waals surface area contributed by atoms with Gasteiger partial charge in [-0.05, 0) is 36.5 Å². The van der Waals surface area contributed by atoms with Crippen LogP contribution in [0.5, 0.6) is 0 Å². The second-order valence-corrected chi connectivity index (χ2v) is 8.36. The van der Waals surface area contributed by atoms with Crippen LogP contribution in [0.1, 0.15) is 31.9 Å². The minimum Gasteiger partial charge on any atom is -0.338 e. The monoisotopic (exact) mass is 407 g/mol. The second kappa shape index (κ2) is 8.73. The highest BCUT2D eigenvalue weighted by molar-refractivity contribution is 5.75. The third kappa shape index (κ3) is 4.10. The number of fused-ring (bicyclic) bond motifs is 1. The summed E-state index contributed by atoms with van der Waals surface area (Å²) in [7, 11) is 0. The van der Waals surface area contributed by atoms with Crippen molar-refractivity contribution in [1.29, 1.82) is 0 Å². The molecule has 2 aromatic heterocycles. The summed E-state index contributed by atoms with van der Waals surface area (Å²) in [5, 5.41) is 3.01. The van der Waals surface area contributed by atoms with E-state index in [9.17, 15) is 9.59 Å². The fourth-order valence-electron chi connectivity index (χ4n) is 4.19. The first-order valence-electron chi connectivity index (χ1n) is 10.7. The zero-order valence-electron chi connectivity index (χ0n) is 17.6. The number of rotatable bonds is 6. The first-order chi connectivity index (χ1) is 14.5. The lowest BCUT2D eigenvalue weighted by atomic mass is 10.1. The predicted octanol–water partition coefficient (Wildman–Crippen LogP) is 3.05. The van der Waals surface area contributed by atoms with E-state index in [0.717, 1.165) is 18.4 Å². The number of urea groups is 1. The average Bonchev–Trinajstić information content (AvgIpc) is 3.32. The third-order valence-electron chi connectivity index (χ3n) is 5.62. The van der Waals surface area contributed by atoms with Crippen LogP contribution in [0.4, 0.5) is 4.79 Å². The van der Waals surface area contributed by atoms with Crippen LogP contribution < -0.4 is 11.0 Å². The number of hydrogen-bond acceptors (Lipinski definition) is 3.